The predicted molar refractivity (Wildman–Crippen MR) is 198 cm³/mol. The number of hydrogen-bond donors (Lipinski definition) is 1. The highest BCUT2D eigenvalue weighted by molar-refractivity contribution is 14.1. The molecule has 0 fully saturated rings. The fourth-order valence-corrected chi connectivity index (χ4v) is 5.23. The summed E-state index contributed by atoms with van der Waals surface area (Å²) in [5.74, 6) is -0.120. The summed E-state index contributed by atoms with van der Waals surface area (Å²) in [5.41, 5.74) is -0.235. The highest BCUT2D eigenvalue weighted by Crippen LogP contribution is 2.22. The van der Waals surface area contributed by atoms with Crippen LogP contribution in [0.1, 0.15) is 77.2 Å². The molecule has 1 N–H and O–H groups in total. The quantitative estimate of drug-likeness (QED) is 0.156. The van der Waals surface area contributed by atoms with Crippen LogP contribution in [0.25, 0.3) is 5.69 Å². The number of amides is 2. The first-order valence-corrected chi connectivity index (χ1v) is 17.3. The second-order valence-corrected chi connectivity index (χ2v) is 14.6. The first-order chi connectivity index (χ1) is 23.5. The Hall–Kier alpha value is -4.57. The second-order valence-electron chi connectivity index (χ2n) is 13.5. The Bertz CT molecular complexity index is 1840. The number of carbonyl (C=O) groups excluding carboxylic acids is 3. The second kappa shape index (κ2) is 16.4. The molecule has 0 saturated carbocycles. The molecule has 0 spiro atoms. The van der Waals surface area contributed by atoms with Crippen molar-refractivity contribution in [2.75, 3.05) is 16.8 Å². The lowest BCUT2D eigenvalue weighted by molar-refractivity contribution is 0.0304. The lowest BCUT2D eigenvalue weighted by atomic mass is 10.2. The Labute approximate surface area is 305 Å². The van der Waals surface area contributed by atoms with E-state index in [0.29, 0.717) is 21.2 Å². The molecule has 0 bridgehead atoms. The number of carbonyl (C=O) groups is 3. The van der Waals surface area contributed by atoms with E-state index in [-0.39, 0.29) is 30.8 Å². The first kappa shape index (κ1) is 38.2. The van der Waals surface area contributed by atoms with Gasteiger partial charge in [-0.25, -0.2) is 28.8 Å². The number of nitrogens with zero attached hydrogens (tertiary/aromatic N) is 5. The summed E-state index contributed by atoms with van der Waals surface area (Å²) in [7, 11) is 0. The molecule has 2 heterocycles. The third kappa shape index (κ3) is 10.7. The summed E-state index contributed by atoms with van der Waals surface area (Å²) < 4.78 is 20.7. The molecule has 266 valence electrons. The maximum Gasteiger partial charge on any atom is 0.421 e. The smallest absolute Gasteiger partial charge is 0.421 e. The minimum Gasteiger partial charge on any atom is -0.443 e. The number of benzene rings is 2. The molecule has 4 aromatic rings. The Kier molecular flexibility index (Phi) is 12.6. The van der Waals surface area contributed by atoms with Crippen LogP contribution in [-0.2, 0) is 20.8 Å². The van der Waals surface area contributed by atoms with Crippen molar-refractivity contribution in [2.24, 2.45) is 0 Å². The Balaban J connectivity index is 1.49. The van der Waals surface area contributed by atoms with Crippen LogP contribution in [0.5, 0.6) is 0 Å². The average Bonchev–Trinajstić information content (AvgIpc) is 3.53. The predicted octanol–water partition coefficient (Wildman–Crippen LogP) is 7.20. The van der Waals surface area contributed by atoms with E-state index in [0.717, 1.165) is 12.0 Å². The zero-order valence-electron chi connectivity index (χ0n) is 29.3. The van der Waals surface area contributed by atoms with Crippen molar-refractivity contribution in [2.45, 2.75) is 85.2 Å². The number of halogens is 1. The van der Waals surface area contributed by atoms with Crippen LogP contribution < -0.4 is 15.9 Å². The minimum atomic E-state index is -0.798. The molecule has 50 heavy (non-hydrogen) atoms. The van der Waals surface area contributed by atoms with Gasteiger partial charge in [0.05, 0.1) is 28.5 Å². The summed E-state index contributed by atoms with van der Waals surface area (Å²) in [6.07, 6.45) is 4.05. The fourth-order valence-electron chi connectivity index (χ4n) is 4.70. The molecule has 2 aromatic carbocycles. The van der Waals surface area contributed by atoms with Gasteiger partial charge in [0.2, 0.25) is 5.95 Å². The normalized spacial score (nSPS) is 12.2. The summed E-state index contributed by atoms with van der Waals surface area (Å²) in [6.45, 7) is 12.8. The van der Waals surface area contributed by atoms with Crippen LogP contribution in [0.4, 0.5) is 21.4 Å². The summed E-state index contributed by atoms with van der Waals surface area (Å²) >= 11 is 2.03. The van der Waals surface area contributed by atoms with Crippen molar-refractivity contribution in [3.63, 3.8) is 0 Å². The van der Waals surface area contributed by atoms with E-state index in [2.05, 4.69) is 15.3 Å². The maximum atomic E-state index is 13.5. The minimum absolute atomic E-state index is 0.0573. The van der Waals surface area contributed by atoms with Crippen LogP contribution in [0, 0.1) is 3.57 Å². The molecule has 14 heteroatoms. The van der Waals surface area contributed by atoms with Crippen molar-refractivity contribution in [1.29, 1.82) is 0 Å². The largest absolute Gasteiger partial charge is 0.443 e. The highest BCUT2D eigenvalue weighted by atomic mass is 127. The number of imidazole rings is 1. The maximum absolute atomic E-state index is 13.5. The molecule has 0 aliphatic rings. The average molecular weight is 799 g/mol. The van der Waals surface area contributed by atoms with Gasteiger partial charge in [-0.05, 0) is 100 Å². The molecule has 4 rings (SSSR count). The number of nitrogens with one attached hydrogen (secondary N) is 1. The third-order valence-electron chi connectivity index (χ3n) is 6.91. The Morgan fingerprint density at radius 3 is 2.24 bits per heavy atom. The van der Waals surface area contributed by atoms with Crippen LogP contribution in [0.3, 0.4) is 0 Å². The fraction of sp³-hybridized carbons (Fsp3) is 0.389. The Morgan fingerprint density at radius 2 is 1.62 bits per heavy atom. The van der Waals surface area contributed by atoms with Gasteiger partial charge in [0, 0.05) is 24.2 Å². The van der Waals surface area contributed by atoms with Crippen LogP contribution in [-0.4, -0.2) is 61.0 Å². The third-order valence-corrected chi connectivity index (χ3v) is 7.70. The van der Waals surface area contributed by atoms with Crippen LogP contribution in [0.15, 0.2) is 78.0 Å². The Morgan fingerprint density at radius 1 is 0.960 bits per heavy atom. The standard InChI is InChI=1S/C36H43IN6O7/c1-8-12-27(21-43(34(47)50-36(5,6)7)31-38-19-20-41(31)33(46)49-35(2,3)4)48-23-24-15-17-26(18-16-24)42-22-28(37)29(40-32(42)45)39-30(44)25-13-10-9-11-14-25/h9-11,13-20,22,27H,8,12,21,23H2,1-7H3,(H,39,40,44,45)/t27-/m1/s1. The van der Waals surface area contributed by atoms with Crippen molar-refractivity contribution < 1.29 is 28.6 Å². The van der Waals surface area contributed by atoms with Crippen LogP contribution in [0.2, 0.25) is 0 Å². The molecule has 0 aliphatic heterocycles. The van der Waals surface area contributed by atoms with Gasteiger partial charge in [-0.3, -0.25) is 9.36 Å². The topological polar surface area (TPSA) is 147 Å². The molecule has 13 nitrogen and oxygen atoms in total. The van der Waals surface area contributed by atoms with Gasteiger partial charge < -0.3 is 19.5 Å². The first-order valence-electron chi connectivity index (χ1n) is 16.2. The van der Waals surface area contributed by atoms with Gasteiger partial charge in [0.1, 0.15) is 11.2 Å². The zero-order chi connectivity index (χ0) is 36.6. The van der Waals surface area contributed by atoms with Gasteiger partial charge in [-0.1, -0.05) is 43.7 Å². The van der Waals surface area contributed by atoms with Gasteiger partial charge >= 0.3 is 17.9 Å². The molecular weight excluding hydrogens is 755 g/mol. The number of rotatable bonds is 11. The van der Waals surface area contributed by atoms with E-state index in [4.69, 9.17) is 14.2 Å². The van der Waals surface area contributed by atoms with E-state index in [1.54, 1.807) is 84.1 Å². The van der Waals surface area contributed by atoms with E-state index in [1.165, 1.54) is 26.4 Å². The molecule has 2 amide bonds. The van der Waals surface area contributed by atoms with Gasteiger partial charge in [-0.2, -0.15) is 4.98 Å². The number of anilines is 2. The number of hydrogen-bond acceptors (Lipinski definition) is 9. The molecule has 2 aromatic heterocycles. The van der Waals surface area contributed by atoms with E-state index < -0.39 is 35.2 Å². The van der Waals surface area contributed by atoms with Crippen molar-refractivity contribution in [3.8, 4) is 5.69 Å². The van der Waals surface area contributed by atoms with Gasteiger partial charge in [0.25, 0.3) is 5.91 Å². The van der Waals surface area contributed by atoms with E-state index in [9.17, 15) is 19.2 Å². The monoisotopic (exact) mass is 798 g/mol. The lowest BCUT2D eigenvalue weighted by Crippen LogP contribution is -2.44. The molecule has 0 aliphatic carbocycles. The van der Waals surface area contributed by atoms with Crippen LogP contribution >= 0.6 is 22.6 Å². The van der Waals surface area contributed by atoms with Gasteiger partial charge in [0.15, 0.2) is 5.82 Å². The highest BCUT2D eigenvalue weighted by Gasteiger charge is 2.31. The molecule has 0 radical (unpaired) electrons. The molecule has 1 atom stereocenters. The van der Waals surface area contributed by atoms with E-state index in [1.807, 2.05) is 47.7 Å². The summed E-state index contributed by atoms with van der Waals surface area (Å²) in [4.78, 5) is 61.7. The molecule has 0 unspecified atom stereocenters. The number of aromatic nitrogens is 4. The molecule has 0 saturated heterocycles. The molecular formula is C36H43IN6O7. The van der Waals surface area contributed by atoms with E-state index >= 15 is 0 Å². The number of ether oxygens (including phenoxy) is 3. The lowest BCUT2D eigenvalue weighted by Gasteiger charge is -2.30. The summed E-state index contributed by atoms with van der Waals surface area (Å²) in [6, 6.07) is 15.9. The van der Waals surface area contributed by atoms with Crippen molar-refractivity contribution >= 4 is 52.5 Å². The SMILES string of the molecule is CCC[C@H](CN(C(=O)OC(C)(C)C)c1nccn1C(=O)OC(C)(C)C)OCc1ccc(-n2cc(I)c(NC(=O)c3ccccc3)nc2=O)cc1. The van der Waals surface area contributed by atoms with Crippen molar-refractivity contribution in [3.05, 3.63) is 98.4 Å². The summed E-state index contributed by atoms with van der Waals surface area (Å²) in [5, 5.41) is 2.70. The van der Waals surface area contributed by atoms with Crippen molar-refractivity contribution in [1.82, 2.24) is 19.1 Å². The zero-order valence-corrected chi connectivity index (χ0v) is 31.5. The van der Waals surface area contributed by atoms with Gasteiger partial charge in [-0.15, -0.1) is 0 Å².